The molecule has 4 aromatic rings. The Labute approximate surface area is 191 Å². The van der Waals surface area contributed by atoms with Gasteiger partial charge >= 0.3 is 0 Å². The summed E-state index contributed by atoms with van der Waals surface area (Å²) in [6.07, 6.45) is 1.48. The number of carbonyl (C=O) groups is 3. The highest BCUT2D eigenvalue weighted by molar-refractivity contribution is 8.00. The summed E-state index contributed by atoms with van der Waals surface area (Å²) in [5.74, 6) is -1.74. The first-order valence-corrected chi connectivity index (χ1v) is 11.2. The minimum Gasteiger partial charge on any atom is -0.366 e. The number of aromatic nitrogens is 2. The number of nitrogens with one attached hydrogen (secondary N) is 1. The fourth-order valence-electron chi connectivity index (χ4n) is 3.10. The van der Waals surface area contributed by atoms with Crippen LogP contribution >= 0.6 is 23.1 Å². The third-order valence-corrected chi connectivity index (χ3v) is 6.42. The quantitative estimate of drug-likeness (QED) is 0.284. The second-order valence-electron chi connectivity index (χ2n) is 6.74. The molecule has 0 spiro atoms. The first-order chi connectivity index (χ1) is 15.4. The molecule has 2 heterocycles. The summed E-state index contributed by atoms with van der Waals surface area (Å²) in [6.45, 7) is 0. The van der Waals surface area contributed by atoms with Crippen molar-refractivity contribution in [3.8, 4) is 11.1 Å². The minimum absolute atomic E-state index is 0.0584. The molecule has 4 rings (SSSR count). The van der Waals surface area contributed by atoms with Crippen LogP contribution in [0.25, 0.3) is 21.3 Å². The molecule has 0 aliphatic carbocycles. The van der Waals surface area contributed by atoms with Crippen molar-refractivity contribution in [2.45, 2.75) is 5.03 Å². The molecule has 0 radical (unpaired) electrons. The normalized spacial score (nSPS) is 10.8. The monoisotopic (exact) mass is 463 g/mol. The smallest absolute Gasteiger partial charge is 0.248 e. The molecule has 0 saturated heterocycles. The van der Waals surface area contributed by atoms with Gasteiger partial charge in [0.2, 0.25) is 17.7 Å². The predicted molar refractivity (Wildman–Crippen MR) is 126 cm³/mol. The lowest BCUT2D eigenvalue weighted by molar-refractivity contribution is -0.113. The molecule has 0 saturated carbocycles. The van der Waals surface area contributed by atoms with Crippen molar-refractivity contribution in [1.82, 2.24) is 9.97 Å². The molecule has 0 bridgehead atoms. The lowest BCUT2D eigenvalue weighted by Crippen LogP contribution is -2.19. The van der Waals surface area contributed by atoms with Gasteiger partial charge in [-0.3, -0.25) is 14.4 Å². The van der Waals surface area contributed by atoms with Gasteiger partial charge in [0.05, 0.1) is 11.1 Å². The molecule has 8 nitrogen and oxygen atoms in total. The summed E-state index contributed by atoms with van der Waals surface area (Å²) < 4.78 is 0. The Morgan fingerprint density at radius 2 is 1.66 bits per heavy atom. The van der Waals surface area contributed by atoms with Crippen LogP contribution in [0.4, 0.5) is 5.69 Å². The molecular weight excluding hydrogens is 446 g/mol. The van der Waals surface area contributed by atoms with Gasteiger partial charge in [-0.05, 0) is 23.8 Å². The van der Waals surface area contributed by atoms with Crippen molar-refractivity contribution in [2.24, 2.45) is 11.5 Å². The van der Waals surface area contributed by atoms with E-state index in [1.807, 2.05) is 35.7 Å². The number of amides is 3. The molecule has 10 heteroatoms. The summed E-state index contributed by atoms with van der Waals surface area (Å²) >= 11 is 2.79. The van der Waals surface area contributed by atoms with Crippen LogP contribution in [-0.2, 0) is 4.79 Å². The number of hydrogen-bond donors (Lipinski definition) is 3. The van der Waals surface area contributed by atoms with Crippen LogP contribution < -0.4 is 16.8 Å². The van der Waals surface area contributed by atoms with Gasteiger partial charge in [-0.25, -0.2) is 9.97 Å². The summed E-state index contributed by atoms with van der Waals surface area (Å²) in [7, 11) is 0. The molecule has 160 valence electrons. The average Bonchev–Trinajstić information content (AvgIpc) is 3.23. The highest BCUT2D eigenvalue weighted by Gasteiger charge is 2.16. The molecule has 32 heavy (non-hydrogen) atoms. The van der Waals surface area contributed by atoms with E-state index in [0.29, 0.717) is 5.03 Å². The van der Waals surface area contributed by atoms with E-state index >= 15 is 0 Å². The number of thioether (sulfide) groups is 1. The second-order valence-corrected chi connectivity index (χ2v) is 8.56. The fourth-order valence-corrected chi connectivity index (χ4v) is 4.90. The molecule has 0 fully saturated rings. The van der Waals surface area contributed by atoms with Crippen molar-refractivity contribution in [3.63, 3.8) is 0 Å². The molecule has 0 aliphatic heterocycles. The number of fused-ring (bicyclic) bond motifs is 1. The number of hydrogen-bond acceptors (Lipinski definition) is 7. The summed E-state index contributed by atoms with van der Waals surface area (Å²) in [5.41, 5.74) is 13.1. The average molecular weight is 464 g/mol. The van der Waals surface area contributed by atoms with Crippen molar-refractivity contribution in [1.29, 1.82) is 0 Å². The number of rotatable bonds is 7. The number of primary amides is 2. The number of nitrogens with zero attached hydrogens (tertiary/aromatic N) is 2. The predicted octanol–water partition coefficient (Wildman–Crippen LogP) is 3.29. The van der Waals surface area contributed by atoms with Gasteiger partial charge < -0.3 is 16.8 Å². The Hall–Kier alpha value is -3.76. The zero-order valence-corrected chi connectivity index (χ0v) is 18.2. The van der Waals surface area contributed by atoms with Crippen molar-refractivity contribution >= 4 is 56.7 Å². The van der Waals surface area contributed by atoms with Crippen LogP contribution in [0.3, 0.4) is 0 Å². The first-order valence-electron chi connectivity index (χ1n) is 9.37. The van der Waals surface area contributed by atoms with E-state index in [1.54, 1.807) is 0 Å². The molecule has 2 aromatic heterocycles. The van der Waals surface area contributed by atoms with Crippen LogP contribution in [0.5, 0.6) is 0 Å². The zero-order valence-electron chi connectivity index (χ0n) is 16.6. The van der Waals surface area contributed by atoms with Crippen LogP contribution in [0.15, 0.2) is 65.3 Å². The standard InChI is InChI=1S/C22H17N5O3S2/c23-19(29)13-6-14(20(24)30)8-15(7-13)27-17(28)10-32-22-18-16(12-4-2-1-3-5-12)9-31-21(18)25-11-26-22/h1-9,11H,10H2,(H2,23,29)(H2,24,30)(H,27,28). The van der Waals surface area contributed by atoms with E-state index in [-0.39, 0.29) is 28.5 Å². The SMILES string of the molecule is NC(=O)c1cc(NC(=O)CSc2ncnc3scc(-c4ccccc4)c23)cc(C(N)=O)c1. The first kappa shape index (κ1) is 21.5. The minimum atomic E-state index is -0.729. The van der Waals surface area contributed by atoms with Gasteiger partial charge in [0, 0.05) is 27.8 Å². The van der Waals surface area contributed by atoms with Crippen molar-refractivity contribution in [2.75, 3.05) is 11.1 Å². The Kier molecular flexibility index (Phi) is 6.15. The number of anilines is 1. The van der Waals surface area contributed by atoms with E-state index in [0.717, 1.165) is 21.3 Å². The Balaban J connectivity index is 1.55. The molecule has 0 unspecified atom stereocenters. The van der Waals surface area contributed by atoms with Crippen molar-refractivity contribution in [3.05, 3.63) is 71.4 Å². The van der Waals surface area contributed by atoms with Gasteiger partial charge in [-0.2, -0.15) is 0 Å². The summed E-state index contributed by atoms with van der Waals surface area (Å²) in [6, 6.07) is 14.0. The number of thiophene rings is 1. The van der Waals surface area contributed by atoms with Gasteiger partial charge in [0.15, 0.2) is 0 Å². The van der Waals surface area contributed by atoms with Gasteiger partial charge in [-0.1, -0.05) is 42.1 Å². The van der Waals surface area contributed by atoms with E-state index in [4.69, 9.17) is 11.5 Å². The van der Waals surface area contributed by atoms with E-state index in [9.17, 15) is 14.4 Å². The molecule has 5 N–H and O–H groups in total. The van der Waals surface area contributed by atoms with Gasteiger partial charge in [0.1, 0.15) is 16.2 Å². The maximum atomic E-state index is 12.6. The maximum Gasteiger partial charge on any atom is 0.248 e. The Morgan fingerprint density at radius 1 is 0.969 bits per heavy atom. The summed E-state index contributed by atoms with van der Waals surface area (Å²) in [4.78, 5) is 45.1. The highest BCUT2D eigenvalue weighted by Crippen LogP contribution is 2.37. The maximum absolute atomic E-state index is 12.6. The molecular formula is C22H17N5O3S2. The van der Waals surface area contributed by atoms with Gasteiger partial charge in [0.25, 0.3) is 0 Å². The fraction of sp³-hybridized carbons (Fsp3) is 0.0455. The van der Waals surface area contributed by atoms with Crippen molar-refractivity contribution < 1.29 is 14.4 Å². The molecule has 0 aliphatic rings. The lowest BCUT2D eigenvalue weighted by Gasteiger charge is -2.09. The number of benzene rings is 2. The topological polar surface area (TPSA) is 141 Å². The van der Waals surface area contributed by atoms with Crippen LogP contribution in [0, 0.1) is 0 Å². The van der Waals surface area contributed by atoms with E-state index in [2.05, 4.69) is 15.3 Å². The molecule has 2 aromatic carbocycles. The Morgan fingerprint density at radius 3 is 2.31 bits per heavy atom. The van der Waals surface area contributed by atoms with Gasteiger partial charge in [-0.15, -0.1) is 11.3 Å². The summed E-state index contributed by atoms with van der Waals surface area (Å²) in [5, 5.41) is 6.29. The third-order valence-electron chi connectivity index (χ3n) is 4.55. The largest absolute Gasteiger partial charge is 0.366 e. The highest BCUT2D eigenvalue weighted by atomic mass is 32.2. The molecule has 3 amide bonds. The zero-order chi connectivity index (χ0) is 22.7. The van der Waals surface area contributed by atoms with E-state index in [1.165, 1.54) is 47.6 Å². The lowest BCUT2D eigenvalue weighted by atomic mass is 10.1. The second kappa shape index (κ2) is 9.16. The van der Waals surface area contributed by atoms with Crippen LogP contribution in [0.2, 0.25) is 0 Å². The Bertz CT molecular complexity index is 1310. The van der Waals surface area contributed by atoms with Crippen LogP contribution in [0.1, 0.15) is 20.7 Å². The number of carbonyl (C=O) groups excluding carboxylic acids is 3. The third kappa shape index (κ3) is 4.61. The van der Waals surface area contributed by atoms with Crippen LogP contribution in [-0.4, -0.2) is 33.4 Å². The number of nitrogens with two attached hydrogens (primary N) is 2. The van der Waals surface area contributed by atoms with E-state index < -0.39 is 11.8 Å². The molecule has 0 atom stereocenters.